The highest BCUT2D eigenvalue weighted by Gasteiger charge is 2.29. The van der Waals surface area contributed by atoms with E-state index in [-0.39, 0.29) is 0 Å². The minimum Gasteiger partial charge on any atom is -0.388 e. The summed E-state index contributed by atoms with van der Waals surface area (Å²) in [4.78, 5) is 0. The van der Waals surface area contributed by atoms with Crippen molar-refractivity contribution < 1.29 is 9.84 Å². The van der Waals surface area contributed by atoms with Crippen molar-refractivity contribution in [2.45, 2.75) is 45.1 Å². The fraction of sp³-hybridized carbons (Fsp3) is 1.00. The largest absolute Gasteiger partial charge is 0.388 e. The normalized spacial score (nSPS) is 22.6. The van der Waals surface area contributed by atoms with Crippen molar-refractivity contribution in [2.24, 2.45) is 5.92 Å². The van der Waals surface area contributed by atoms with Gasteiger partial charge in [0.2, 0.25) is 0 Å². The minimum absolute atomic E-state index is 0.524. The average Bonchev–Trinajstić information content (AvgIpc) is 2.19. The van der Waals surface area contributed by atoms with Gasteiger partial charge in [0.25, 0.3) is 0 Å². The zero-order valence-corrected chi connectivity index (χ0v) is 10.1. The zero-order chi connectivity index (χ0) is 11.1. The maximum atomic E-state index is 10.2. The Morgan fingerprint density at radius 2 is 2.07 bits per heavy atom. The lowest BCUT2D eigenvalue weighted by Gasteiger charge is -2.32. The number of hydrogen-bond donors (Lipinski definition) is 2. The van der Waals surface area contributed by atoms with E-state index in [4.69, 9.17) is 4.74 Å². The lowest BCUT2D eigenvalue weighted by atomic mass is 9.94. The van der Waals surface area contributed by atoms with E-state index >= 15 is 0 Å². The molecule has 1 heterocycles. The predicted octanol–water partition coefficient (Wildman–Crippen LogP) is 1.55. The fourth-order valence-corrected chi connectivity index (χ4v) is 2.07. The van der Waals surface area contributed by atoms with Crippen LogP contribution < -0.4 is 5.32 Å². The highest BCUT2D eigenvalue weighted by molar-refractivity contribution is 4.83. The molecule has 0 radical (unpaired) electrons. The monoisotopic (exact) mass is 215 g/mol. The van der Waals surface area contributed by atoms with Gasteiger partial charge in [-0.25, -0.2) is 0 Å². The summed E-state index contributed by atoms with van der Waals surface area (Å²) in [5, 5.41) is 13.5. The molecule has 0 saturated carbocycles. The van der Waals surface area contributed by atoms with Crippen molar-refractivity contribution in [2.75, 3.05) is 26.3 Å². The Kier molecular flexibility index (Phi) is 5.58. The van der Waals surface area contributed by atoms with E-state index in [0.717, 1.165) is 19.4 Å². The van der Waals surface area contributed by atoms with Gasteiger partial charge in [0.1, 0.15) is 0 Å². The van der Waals surface area contributed by atoms with Crippen LogP contribution >= 0.6 is 0 Å². The molecule has 15 heavy (non-hydrogen) atoms. The zero-order valence-electron chi connectivity index (χ0n) is 10.1. The minimum atomic E-state index is -0.524. The highest BCUT2D eigenvalue weighted by Crippen LogP contribution is 2.19. The van der Waals surface area contributed by atoms with Crippen LogP contribution in [-0.2, 0) is 4.74 Å². The molecule has 1 fully saturated rings. The summed E-state index contributed by atoms with van der Waals surface area (Å²) < 4.78 is 5.24. The van der Waals surface area contributed by atoms with Crippen LogP contribution in [0.4, 0.5) is 0 Å². The average molecular weight is 215 g/mol. The fourth-order valence-electron chi connectivity index (χ4n) is 2.07. The van der Waals surface area contributed by atoms with E-state index in [9.17, 15) is 5.11 Å². The first-order chi connectivity index (χ1) is 7.16. The molecule has 0 aromatic rings. The molecule has 1 rings (SSSR count). The third-order valence-electron chi connectivity index (χ3n) is 3.15. The van der Waals surface area contributed by atoms with E-state index < -0.39 is 5.60 Å². The number of rotatable bonds is 6. The molecule has 1 unspecified atom stereocenters. The van der Waals surface area contributed by atoms with Gasteiger partial charge in [-0.2, -0.15) is 0 Å². The van der Waals surface area contributed by atoms with Gasteiger partial charge in [0, 0.05) is 32.6 Å². The van der Waals surface area contributed by atoms with Crippen LogP contribution in [0.1, 0.15) is 39.5 Å². The molecule has 1 aliphatic heterocycles. The molecule has 0 aromatic heterocycles. The Balaban J connectivity index is 2.12. The topological polar surface area (TPSA) is 41.5 Å². The third-order valence-corrected chi connectivity index (χ3v) is 3.15. The Morgan fingerprint density at radius 1 is 1.40 bits per heavy atom. The molecular formula is C12H25NO2. The van der Waals surface area contributed by atoms with Gasteiger partial charge in [0.05, 0.1) is 5.60 Å². The number of nitrogens with one attached hydrogen (secondary N) is 1. The van der Waals surface area contributed by atoms with Crippen LogP contribution in [0.3, 0.4) is 0 Å². The molecule has 1 aliphatic rings. The summed E-state index contributed by atoms with van der Waals surface area (Å²) in [7, 11) is 0. The summed E-state index contributed by atoms with van der Waals surface area (Å²) in [6, 6.07) is 0. The lowest BCUT2D eigenvalue weighted by Crippen LogP contribution is -2.45. The van der Waals surface area contributed by atoms with Gasteiger partial charge in [-0.15, -0.1) is 0 Å². The van der Waals surface area contributed by atoms with E-state index in [1.807, 2.05) is 0 Å². The standard InChI is InChI=1S/C12H25NO2/c1-3-4-11(2)9-13-10-12(14)5-7-15-8-6-12/h11,13-14H,3-10H2,1-2H3. The van der Waals surface area contributed by atoms with Crippen molar-refractivity contribution in [3.05, 3.63) is 0 Å². The van der Waals surface area contributed by atoms with Gasteiger partial charge in [-0.3, -0.25) is 0 Å². The Labute approximate surface area is 93.2 Å². The summed E-state index contributed by atoms with van der Waals surface area (Å²) >= 11 is 0. The SMILES string of the molecule is CCCC(C)CNCC1(O)CCOCC1. The smallest absolute Gasteiger partial charge is 0.0815 e. The van der Waals surface area contributed by atoms with E-state index in [1.54, 1.807) is 0 Å². The van der Waals surface area contributed by atoms with Crippen molar-refractivity contribution >= 4 is 0 Å². The van der Waals surface area contributed by atoms with Gasteiger partial charge in [0.15, 0.2) is 0 Å². The van der Waals surface area contributed by atoms with Gasteiger partial charge in [-0.1, -0.05) is 20.3 Å². The molecule has 3 nitrogen and oxygen atoms in total. The first-order valence-electron chi connectivity index (χ1n) is 6.17. The predicted molar refractivity (Wildman–Crippen MR) is 61.9 cm³/mol. The maximum absolute atomic E-state index is 10.2. The van der Waals surface area contributed by atoms with Crippen LogP contribution in [0.2, 0.25) is 0 Å². The summed E-state index contributed by atoms with van der Waals surface area (Å²) in [6.45, 7) is 7.58. The third kappa shape index (κ3) is 4.96. The van der Waals surface area contributed by atoms with Crippen LogP contribution in [0, 0.1) is 5.92 Å². The van der Waals surface area contributed by atoms with Gasteiger partial charge in [-0.05, 0) is 18.9 Å². The van der Waals surface area contributed by atoms with Crippen LogP contribution in [0.5, 0.6) is 0 Å². The van der Waals surface area contributed by atoms with E-state index in [2.05, 4.69) is 19.2 Å². The van der Waals surface area contributed by atoms with Crippen molar-refractivity contribution in [1.29, 1.82) is 0 Å². The maximum Gasteiger partial charge on any atom is 0.0815 e. The van der Waals surface area contributed by atoms with E-state index in [1.165, 1.54) is 12.8 Å². The molecule has 3 heteroatoms. The quantitative estimate of drug-likeness (QED) is 0.706. The molecule has 0 aromatic carbocycles. The first-order valence-corrected chi connectivity index (χ1v) is 6.17. The molecular weight excluding hydrogens is 190 g/mol. The lowest BCUT2D eigenvalue weighted by molar-refractivity contribution is -0.0617. The second-order valence-corrected chi connectivity index (χ2v) is 4.86. The Bertz CT molecular complexity index is 167. The molecule has 1 atom stereocenters. The van der Waals surface area contributed by atoms with Crippen LogP contribution in [0.15, 0.2) is 0 Å². The molecule has 2 N–H and O–H groups in total. The number of aliphatic hydroxyl groups is 1. The Hall–Kier alpha value is -0.120. The van der Waals surface area contributed by atoms with Gasteiger partial charge < -0.3 is 15.2 Å². The van der Waals surface area contributed by atoms with Crippen molar-refractivity contribution in [1.82, 2.24) is 5.32 Å². The highest BCUT2D eigenvalue weighted by atomic mass is 16.5. The number of ether oxygens (including phenoxy) is 1. The molecule has 0 aliphatic carbocycles. The van der Waals surface area contributed by atoms with Crippen molar-refractivity contribution in [3.8, 4) is 0 Å². The summed E-state index contributed by atoms with van der Waals surface area (Å²) in [6.07, 6.45) is 4.03. The van der Waals surface area contributed by atoms with Crippen molar-refractivity contribution in [3.63, 3.8) is 0 Å². The molecule has 0 amide bonds. The van der Waals surface area contributed by atoms with Crippen LogP contribution in [0.25, 0.3) is 0 Å². The molecule has 0 spiro atoms. The summed E-state index contributed by atoms with van der Waals surface area (Å²) in [5.41, 5.74) is -0.524. The van der Waals surface area contributed by atoms with Crippen LogP contribution in [-0.4, -0.2) is 37.0 Å². The molecule has 0 bridgehead atoms. The molecule has 90 valence electrons. The Morgan fingerprint density at radius 3 is 2.67 bits per heavy atom. The number of hydrogen-bond acceptors (Lipinski definition) is 3. The second-order valence-electron chi connectivity index (χ2n) is 4.86. The summed E-state index contributed by atoms with van der Waals surface area (Å²) in [5.74, 6) is 0.707. The second kappa shape index (κ2) is 6.46. The van der Waals surface area contributed by atoms with Gasteiger partial charge >= 0.3 is 0 Å². The first kappa shape index (κ1) is 12.9. The van der Waals surface area contributed by atoms with E-state index in [0.29, 0.717) is 25.7 Å². The molecule has 1 saturated heterocycles.